The molecule has 4 fully saturated rings. The standard InChI is InChI=1S/C48H58N8O7/c1-26(2)55(30-19-33(20-30)62-31-9-10-34-35(21-31)44(61)56(43(34)60)38-11-12-40(57)52-42(38)59)25-29-13-15-54(16-14-29)39-24-50-37(23-51-39)41(58)53-45-47(5,6)46(48(45,7)8)63-32-17-27(3)36(22-49)28(4)18-32/h9-10,17-18,21,23-24,26,29-30,33,38,45-46H,11-16,19-20,25H2,1-8H3,(H,53,58)(H,52,57,59). The van der Waals surface area contributed by atoms with Gasteiger partial charge in [0, 0.05) is 67.9 Å². The van der Waals surface area contributed by atoms with Crippen molar-refractivity contribution in [2.45, 2.75) is 130 Å². The fourth-order valence-corrected chi connectivity index (χ4v) is 11.0. The van der Waals surface area contributed by atoms with Crippen molar-refractivity contribution in [2.75, 3.05) is 24.5 Å². The molecule has 2 aliphatic carbocycles. The minimum atomic E-state index is -1.01. The molecule has 1 atom stereocenters. The normalized spacial score (nSPS) is 25.3. The van der Waals surface area contributed by atoms with Crippen LogP contribution in [0.4, 0.5) is 5.82 Å². The highest BCUT2D eigenvalue weighted by atomic mass is 16.5. The van der Waals surface area contributed by atoms with Crippen LogP contribution in [0.15, 0.2) is 42.7 Å². The summed E-state index contributed by atoms with van der Waals surface area (Å²) in [6.45, 7) is 19.4. The van der Waals surface area contributed by atoms with E-state index < -0.39 is 29.7 Å². The Morgan fingerprint density at radius 1 is 0.921 bits per heavy atom. The summed E-state index contributed by atoms with van der Waals surface area (Å²) in [5.41, 5.74) is 2.41. The quantitative estimate of drug-likeness (QED) is 0.218. The van der Waals surface area contributed by atoms with E-state index in [0.29, 0.717) is 29.3 Å². The van der Waals surface area contributed by atoms with Gasteiger partial charge in [-0.3, -0.25) is 39.1 Å². The zero-order valence-corrected chi connectivity index (χ0v) is 37.5. The smallest absolute Gasteiger partial charge is 0.271 e. The number of aryl methyl sites for hydroxylation is 2. The fourth-order valence-electron chi connectivity index (χ4n) is 11.0. The largest absolute Gasteiger partial charge is 0.490 e. The monoisotopic (exact) mass is 858 g/mol. The van der Waals surface area contributed by atoms with Gasteiger partial charge in [0.05, 0.1) is 35.2 Å². The van der Waals surface area contributed by atoms with Crippen molar-refractivity contribution in [2.24, 2.45) is 16.7 Å². The van der Waals surface area contributed by atoms with Gasteiger partial charge in [-0.25, -0.2) is 9.97 Å². The van der Waals surface area contributed by atoms with E-state index in [-0.39, 0.29) is 64.6 Å². The molecule has 1 unspecified atom stereocenters. The molecule has 15 nitrogen and oxygen atoms in total. The Balaban J connectivity index is 0.797. The van der Waals surface area contributed by atoms with E-state index in [1.54, 1.807) is 30.6 Å². The first-order chi connectivity index (χ1) is 29.9. The molecular formula is C48H58N8O7. The third kappa shape index (κ3) is 8.14. The summed E-state index contributed by atoms with van der Waals surface area (Å²) < 4.78 is 12.8. The molecule has 8 rings (SSSR count). The molecule has 0 radical (unpaired) electrons. The van der Waals surface area contributed by atoms with Crippen molar-refractivity contribution in [1.82, 2.24) is 30.4 Å². The minimum absolute atomic E-state index is 0.0234. The molecule has 1 aromatic heterocycles. The van der Waals surface area contributed by atoms with E-state index in [9.17, 15) is 29.2 Å². The van der Waals surface area contributed by atoms with Crippen molar-refractivity contribution >= 4 is 35.4 Å². The zero-order valence-electron chi connectivity index (χ0n) is 37.5. The number of nitriles is 1. The predicted octanol–water partition coefficient (Wildman–Crippen LogP) is 5.52. The summed E-state index contributed by atoms with van der Waals surface area (Å²) in [6, 6.07) is 10.5. The lowest BCUT2D eigenvalue weighted by Crippen LogP contribution is -2.74. The molecule has 2 saturated carbocycles. The topological polar surface area (TPSA) is 187 Å². The molecule has 15 heteroatoms. The second-order valence-electron chi connectivity index (χ2n) is 19.6. The maximum atomic E-state index is 13.5. The van der Waals surface area contributed by atoms with Gasteiger partial charge in [0.25, 0.3) is 17.7 Å². The summed E-state index contributed by atoms with van der Waals surface area (Å²) >= 11 is 0. The van der Waals surface area contributed by atoms with Crippen LogP contribution < -0.4 is 25.0 Å². The second kappa shape index (κ2) is 16.7. The molecule has 2 N–H and O–H groups in total. The number of nitrogens with zero attached hydrogens (tertiary/aromatic N) is 6. The number of aromatic nitrogens is 2. The van der Waals surface area contributed by atoms with Gasteiger partial charge in [0.15, 0.2) is 0 Å². The summed E-state index contributed by atoms with van der Waals surface area (Å²) in [4.78, 5) is 79.0. The van der Waals surface area contributed by atoms with Crippen molar-refractivity contribution in [3.63, 3.8) is 0 Å². The lowest BCUT2D eigenvalue weighted by Gasteiger charge is -2.63. The molecule has 63 heavy (non-hydrogen) atoms. The molecule has 4 heterocycles. The zero-order chi connectivity index (χ0) is 45.1. The summed E-state index contributed by atoms with van der Waals surface area (Å²) in [5.74, 6) is 0.129. The number of amides is 5. The molecular weight excluding hydrogens is 801 g/mol. The molecule has 3 aliphatic heterocycles. The van der Waals surface area contributed by atoms with Crippen LogP contribution in [0, 0.1) is 41.9 Å². The van der Waals surface area contributed by atoms with Gasteiger partial charge in [-0.1, -0.05) is 27.7 Å². The number of hydrogen-bond acceptors (Lipinski definition) is 12. The van der Waals surface area contributed by atoms with Gasteiger partial charge in [-0.2, -0.15) is 5.26 Å². The predicted molar refractivity (Wildman–Crippen MR) is 233 cm³/mol. The van der Waals surface area contributed by atoms with E-state index in [0.717, 1.165) is 72.9 Å². The molecule has 3 aromatic rings. The van der Waals surface area contributed by atoms with E-state index in [1.165, 1.54) is 0 Å². The lowest BCUT2D eigenvalue weighted by atomic mass is 9.49. The van der Waals surface area contributed by atoms with Gasteiger partial charge in [-0.05, 0) is 94.3 Å². The van der Waals surface area contributed by atoms with Gasteiger partial charge in [-0.15, -0.1) is 0 Å². The van der Waals surface area contributed by atoms with Gasteiger partial charge in [0.1, 0.15) is 41.3 Å². The lowest BCUT2D eigenvalue weighted by molar-refractivity contribution is -0.164. The third-order valence-electron chi connectivity index (χ3n) is 14.2. The van der Waals surface area contributed by atoms with Crippen LogP contribution in [-0.4, -0.2) is 105 Å². The molecule has 0 bridgehead atoms. The van der Waals surface area contributed by atoms with Crippen LogP contribution in [0.1, 0.15) is 128 Å². The Morgan fingerprint density at radius 2 is 1.59 bits per heavy atom. The molecule has 332 valence electrons. The fraction of sp³-hybridized carbons (Fsp3) is 0.542. The number of fused-ring (bicyclic) bond motifs is 1. The second-order valence-corrected chi connectivity index (χ2v) is 19.6. The Hall–Kier alpha value is -5.88. The van der Waals surface area contributed by atoms with E-state index in [1.807, 2.05) is 26.0 Å². The third-order valence-corrected chi connectivity index (χ3v) is 14.2. The minimum Gasteiger partial charge on any atom is -0.490 e. The van der Waals surface area contributed by atoms with Crippen molar-refractivity contribution in [3.8, 4) is 17.6 Å². The van der Waals surface area contributed by atoms with Gasteiger partial charge < -0.3 is 19.7 Å². The highest BCUT2D eigenvalue weighted by Crippen LogP contribution is 2.55. The molecule has 0 spiro atoms. The van der Waals surface area contributed by atoms with Crippen molar-refractivity contribution in [3.05, 3.63) is 76.2 Å². The van der Waals surface area contributed by atoms with E-state index in [4.69, 9.17) is 9.47 Å². The number of ether oxygens (including phenoxy) is 2. The SMILES string of the molecule is Cc1cc(OC2C(C)(C)C(NC(=O)c3cnc(N4CCC(CN(C(C)C)C5CC(Oc6ccc7c(c6)C(=O)N(C6CCC(=O)NC6=O)C7=O)C5)CC4)cn3)C2(C)C)cc(C)c1C#N. The first-order valence-corrected chi connectivity index (χ1v) is 22.2. The Labute approximate surface area is 368 Å². The van der Waals surface area contributed by atoms with Crippen LogP contribution in [0.5, 0.6) is 11.5 Å². The Bertz CT molecular complexity index is 2340. The van der Waals surface area contributed by atoms with Crippen molar-refractivity contribution in [1.29, 1.82) is 5.26 Å². The summed E-state index contributed by atoms with van der Waals surface area (Å²) in [6.07, 6.45) is 6.97. The maximum Gasteiger partial charge on any atom is 0.271 e. The number of anilines is 1. The van der Waals surface area contributed by atoms with E-state index >= 15 is 0 Å². The van der Waals surface area contributed by atoms with Crippen LogP contribution in [0.2, 0.25) is 0 Å². The van der Waals surface area contributed by atoms with Crippen LogP contribution >= 0.6 is 0 Å². The van der Waals surface area contributed by atoms with Gasteiger partial charge >= 0.3 is 0 Å². The van der Waals surface area contributed by atoms with E-state index in [2.05, 4.69) is 78.0 Å². The highest BCUT2D eigenvalue weighted by molar-refractivity contribution is 6.23. The molecule has 2 saturated heterocycles. The number of benzene rings is 2. The summed E-state index contributed by atoms with van der Waals surface area (Å²) in [5, 5.41) is 14.9. The number of hydrogen-bond donors (Lipinski definition) is 2. The van der Waals surface area contributed by atoms with Crippen LogP contribution in [0.25, 0.3) is 0 Å². The number of imide groups is 2. The first kappa shape index (κ1) is 43.8. The van der Waals surface area contributed by atoms with Gasteiger partial charge in [0.2, 0.25) is 11.8 Å². The Kier molecular flexibility index (Phi) is 11.6. The number of carbonyl (C=O) groups is 5. The number of rotatable bonds is 12. The maximum absolute atomic E-state index is 13.5. The molecule has 2 aromatic carbocycles. The number of nitrogens with one attached hydrogen (secondary N) is 2. The number of piperidine rings is 2. The van der Waals surface area contributed by atoms with Crippen LogP contribution in [0.3, 0.4) is 0 Å². The highest BCUT2D eigenvalue weighted by Gasteiger charge is 2.64. The molecule has 5 aliphatic rings. The van der Waals surface area contributed by atoms with Crippen LogP contribution in [-0.2, 0) is 9.59 Å². The molecule has 5 amide bonds. The average molecular weight is 859 g/mol. The average Bonchev–Trinajstić information content (AvgIpc) is 3.47. The van der Waals surface area contributed by atoms with Crippen molar-refractivity contribution < 1.29 is 33.4 Å². The number of carbonyl (C=O) groups excluding carboxylic acids is 5. The summed E-state index contributed by atoms with van der Waals surface area (Å²) in [7, 11) is 0. The Morgan fingerprint density at radius 3 is 2.19 bits per heavy atom. The first-order valence-electron chi connectivity index (χ1n) is 22.2.